The highest BCUT2D eigenvalue weighted by Gasteiger charge is 2.29. The van der Waals surface area contributed by atoms with E-state index in [1.54, 1.807) is 6.07 Å². The molecule has 1 atom stereocenters. The number of sulfonamides is 1. The average molecular weight is 464 g/mol. The van der Waals surface area contributed by atoms with E-state index in [4.69, 9.17) is 13.9 Å². The van der Waals surface area contributed by atoms with Crippen LogP contribution in [0.1, 0.15) is 34.9 Å². The zero-order valence-corrected chi connectivity index (χ0v) is 19.3. The van der Waals surface area contributed by atoms with Crippen LogP contribution in [-0.2, 0) is 10.0 Å². The second-order valence-electron chi connectivity index (χ2n) is 8.21. The van der Waals surface area contributed by atoms with E-state index < -0.39 is 16.1 Å². The van der Waals surface area contributed by atoms with E-state index in [-0.39, 0.29) is 4.90 Å². The van der Waals surface area contributed by atoms with Crippen LogP contribution in [0.5, 0.6) is 11.5 Å². The number of para-hydroxylation sites is 1. The SMILES string of the molecule is Cc1cccc(C)c1[C@H](NS(=O)(=O)c1ccc2c(c1)OCCCO2)c1cc2ccccc2o1. The number of hydrogen-bond acceptors (Lipinski definition) is 5. The second kappa shape index (κ2) is 8.57. The summed E-state index contributed by atoms with van der Waals surface area (Å²) in [5, 5.41) is 0.915. The molecular weight excluding hydrogens is 438 g/mol. The molecule has 1 aliphatic rings. The number of ether oxygens (including phenoxy) is 2. The lowest BCUT2D eigenvalue weighted by molar-refractivity contribution is 0.297. The molecular formula is C26H25NO5S. The standard InChI is InChI=1S/C26H25NO5S/c1-17-7-5-8-18(2)25(17)26(24-15-19-9-3-4-10-21(19)32-24)27-33(28,29)20-11-12-22-23(16-20)31-14-6-13-30-22/h3-5,7-12,15-16,26-27H,6,13-14H2,1-2H3/t26-/m1/s1. The van der Waals surface area contributed by atoms with E-state index in [1.165, 1.54) is 12.1 Å². The van der Waals surface area contributed by atoms with Crippen molar-refractivity contribution in [2.75, 3.05) is 13.2 Å². The smallest absolute Gasteiger partial charge is 0.241 e. The van der Waals surface area contributed by atoms with Gasteiger partial charge in [0.15, 0.2) is 11.5 Å². The molecule has 1 N–H and O–H groups in total. The number of aryl methyl sites for hydroxylation is 2. The molecule has 33 heavy (non-hydrogen) atoms. The summed E-state index contributed by atoms with van der Waals surface area (Å²) in [5.74, 6) is 1.52. The fourth-order valence-corrected chi connectivity index (χ4v) is 5.41. The number of nitrogens with one attached hydrogen (secondary N) is 1. The zero-order valence-electron chi connectivity index (χ0n) is 18.5. The molecule has 0 spiro atoms. The Balaban J connectivity index is 1.59. The molecule has 0 bridgehead atoms. The Labute approximate surface area is 193 Å². The molecule has 0 amide bonds. The maximum absolute atomic E-state index is 13.5. The van der Waals surface area contributed by atoms with Gasteiger partial charge < -0.3 is 13.9 Å². The van der Waals surface area contributed by atoms with Crippen LogP contribution in [0.2, 0.25) is 0 Å². The van der Waals surface area contributed by atoms with Gasteiger partial charge in [-0.2, -0.15) is 4.72 Å². The van der Waals surface area contributed by atoms with Gasteiger partial charge in [-0.25, -0.2) is 8.42 Å². The minimum absolute atomic E-state index is 0.110. The highest BCUT2D eigenvalue weighted by atomic mass is 32.2. The zero-order chi connectivity index (χ0) is 23.0. The molecule has 0 radical (unpaired) electrons. The maximum Gasteiger partial charge on any atom is 0.241 e. The van der Waals surface area contributed by atoms with Gasteiger partial charge in [0.1, 0.15) is 17.4 Å². The fraction of sp³-hybridized carbons (Fsp3) is 0.231. The molecule has 0 unspecified atom stereocenters. The number of fused-ring (bicyclic) bond motifs is 2. The van der Waals surface area contributed by atoms with Gasteiger partial charge in [-0.3, -0.25) is 0 Å². The van der Waals surface area contributed by atoms with Crippen LogP contribution in [0.4, 0.5) is 0 Å². The number of furan rings is 1. The molecule has 0 saturated carbocycles. The Morgan fingerprint density at radius 3 is 2.33 bits per heavy atom. The molecule has 1 aromatic heterocycles. The topological polar surface area (TPSA) is 77.8 Å². The predicted octanol–water partition coefficient (Wildman–Crippen LogP) is 5.28. The second-order valence-corrected chi connectivity index (χ2v) is 9.92. The minimum Gasteiger partial charge on any atom is -0.490 e. The summed E-state index contributed by atoms with van der Waals surface area (Å²) in [4.78, 5) is 0.110. The van der Waals surface area contributed by atoms with E-state index in [9.17, 15) is 8.42 Å². The lowest BCUT2D eigenvalue weighted by Gasteiger charge is -2.21. The van der Waals surface area contributed by atoms with Crippen LogP contribution >= 0.6 is 0 Å². The van der Waals surface area contributed by atoms with Crippen molar-refractivity contribution < 1.29 is 22.3 Å². The normalized spacial score (nSPS) is 14.7. The van der Waals surface area contributed by atoms with Gasteiger partial charge in [-0.05, 0) is 54.8 Å². The first kappa shape index (κ1) is 21.6. The van der Waals surface area contributed by atoms with Gasteiger partial charge in [0, 0.05) is 17.9 Å². The quantitative estimate of drug-likeness (QED) is 0.436. The molecule has 7 heteroatoms. The lowest BCUT2D eigenvalue weighted by atomic mass is 9.95. The van der Waals surface area contributed by atoms with E-state index in [0.717, 1.165) is 28.5 Å². The highest BCUT2D eigenvalue weighted by Crippen LogP contribution is 2.35. The molecule has 2 heterocycles. The fourth-order valence-electron chi connectivity index (χ4n) is 4.22. The Morgan fingerprint density at radius 2 is 1.58 bits per heavy atom. The average Bonchev–Trinajstić information content (AvgIpc) is 3.08. The summed E-state index contributed by atoms with van der Waals surface area (Å²) in [6, 6.07) is 19.4. The largest absolute Gasteiger partial charge is 0.490 e. The van der Waals surface area contributed by atoms with Crippen molar-refractivity contribution in [1.82, 2.24) is 4.72 Å². The Bertz CT molecular complexity index is 1370. The summed E-state index contributed by atoms with van der Waals surface area (Å²) in [7, 11) is -3.92. The molecule has 170 valence electrons. The van der Waals surface area contributed by atoms with E-state index in [1.807, 2.05) is 62.4 Å². The van der Waals surface area contributed by atoms with Crippen LogP contribution < -0.4 is 14.2 Å². The van der Waals surface area contributed by atoms with E-state index in [0.29, 0.717) is 36.1 Å². The molecule has 4 aromatic rings. The van der Waals surface area contributed by atoms with Gasteiger partial charge in [-0.1, -0.05) is 36.4 Å². The van der Waals surface area contributed by atoms with E-state index in [2.05, 4.69) is 4.72 Å². The van der Waals surface area contributed by atoms with Crippen LogP contribution in [-0.4, -0.2) is 21.6 Å². The predicted molar refractivity (Wildman–Crippen MR) is 126 cm³/mol. The van der Waals surface area contributed by atoms with Gasteiger partial charge >= 0.3 is 0 Å². The lowest BCUT2D eigenvalue weighted by Crippen LogP contribution is -2.30. The van der Waals surface area contributed by atoms with Gasteiger partial charge in [-0.15, -0.1) is 0 Å². The molecule has 0 fully saturated rings. The molecule has 5 rings (SSSR count). The van der Waals surface area contributed by atoms with Crippen molar-refractivity contribution in [3.05, 3.63) is 89.2 Å². The van der Waals surface area contributed by atoms with E-state index >= 15 is 0 Å². The van der Waals surface area contributed by atoms with Crippen molar-refractivity contribution in [1.29, 1.82) is 0 Å². The monoisotopic (exact) mass is 463 g/mol. The number of rotatable bonds is 5. The van der Waals surface area contributed by atoms with Crippen molar-refractivity contribution in [2.24, 2.45) is 0 Å². The van der Waals surface area contributed by atoms with Gasteiger partial charge in [0.05, 0.1) is 18.1 Å². The Hall–Kier alpha value is -3.29. The Morgan fingerprint density at radius 1 is 0.848 bits per heavy atom. The van der Waals surface area contributed by atoms with Crippen molar-refractivity contribution in [2.45, 2.75) is 31.2 Å². The summed E-state index contributed by atoms with van der Waals surface area (Å²) >= 11 is 0. The summed E-state index contributed by atoms with van der Waals surface area (Å²) in [5.41, 5.74) is 3.52. The molecule has 0 saturated heterocycles. The van der Waals surface area contributed by atoms with Crippen LogP contribution in [0.3, 0.4) is 0 Å². The third-order valence-electron chi connectivity index (χ3n) is 5.86. The molecule has 0 aliphatic carbocycles. The minimum atomic E-state index is -3.92. The van der Waals surface area contributed by atoms with Gasteiger partial charge in [0.2, 0.25) is 10.0 Å². The number of benzene rings is 3. The maximum atomic E-state index is 13.5. The number of hydrogen-bond donors (Lipinski definition) is 1. The first-order chi connectivity index (χ1) is 15.9. The van der Waals surface area contributed by atoms with Crippen LogP contribution in [0, 0.1) is 13.8 Å². The third-order valence-corrected chi connectivity index (χ3v) is 7.28. The molecule has 6 nitrogen and oxygen atoms in total. The summed E-state index contributed by atoms with van der Waals surface area (Å²) in [6.45, 7) is 4.96. The third kappa shape index (κ3) is 4.21. The summed E-state index contributed by atoms with van der Waals surface area (Å²) in [6.07, 6.45) is 0.746. The molecule has 3 aromatic carbocycles. The van der Waals surface area contributed by atoms with Crippen molar-refractivity contribution >= 4 is 21.0 Å². The highest BCUT2D eigenvalue weighted by molar-refractivity contribution is 7.89. The molecule has 1 aliphatic heterocycles. The van der Waals surface area contributed by atoms with Crippen LogP contribution in [0.15, 0.2) is 76.0 Å². The first-order valence-corrected chi connectivity index (χ1v) is 12.4. The van der Waals surface area contributed by atoms with Gasteiger partial charge in [0.25, 0.3) is 0 Å². The first-order valence-electron chi connectivity index (χ1n) is 10.9. The van der Waals surface area contributed by atoms with Crippen molar-refractivity contribution in [3.8, 4) is 11.5 Å². The van der Waals surface area contributed by atoms with Crippen molar-refractivity contribution in [3.63, 3.8) is 0 Å². The van der Waals surface area contributed by atoms with Crippen LogP contribution in [0.25, 0.3) is 11.0 Å². The summed E-state index contributed by atoms with van der Waals surface area (Å²) < 4.78 is 47.4. The Kier molecular flexibility index (Phi) is 5.60.